The molecule has 0 saturated carbocycles. The first-order chi connectivity index (χ1) is 5.24. The van der Waals surface area contributed by atoms with Crippen LogP contribution in [0.3, 0.4) is 0 Å². The molecule has 0 aromatic heterocycles. The van der Waals surface area contributed by atoms with Gasteiger partial charge in [0.2, 0.25) is 0 Å². The summed E-state index contributed by atoms with van der Waals surface area (Å²) in [6, 6.07) is 0.764. The Morgan fingerprint density at radius 2 is 2.00 bits per heavy atom. The monoisotopic (exact) mass is 176 g/mol. The SMILES string of the molecule is C=C[Si](CCCO)(OC)OC. The fraction of sp³-hybridized carbons (Fsp3) is 0.714. The van der Waals surface area contributed by atoms with Crippen molar-refractivity contribution in [1.82, 2.24) is 0 Å². The van der Waals surface area contributed by atoms with E-state index in [4.69, 9.17) is 14.0 Å². The van der Waals surface area contributed by atoms with Crippen molar-refractivity contribution in [1.29, 1.82) is 0 Å². The standard InChI is InChI=1S/C7H16O3Si/c1-4-11(9-2,10-3)7-5-6-8/h4,8H,1,5-7H2,2-3H3. The van der Waals surface area contributed by atoms with Crippen LogP contribution in [0, 0.1) is 0 Å². The molecule has 0 aromatic carbocycles. The first-order valence-corrected chi connectivity index (χ1v) is 5.69. The van der Waals surface area contributed by atoms with Crippen molar-refractivity contribution in [3.05, 3.63) is 12.3 Å². The van der Waals surface area contributed by atoms with E-state index in [1.165, 1.54) is 0 Å². The van der Waals surface area contributed by atoms with Gasteiger partial charge in [-0.05, 0) is 18.2 Å². The van der Waals surface area contributed by atoms with Crippen LogP contribution in [0.5, 0.6) is 0 Å². The van der Waals surface area contributed by atoms with Gasteiger partial charge in [0.15, 0.2) is 0 Å². The van der Waals surface area contributed by atoms with Crippen molar-refractivity contribution < 1.29 is 14.0 Å². The highest BCUT2D eigenvalue weighted by molar-refractivity contribution is 6.72. The minimum Gasteiger partial charge on any atom is -0.396 e. The van der Waals surface area contributed by atoms with Crippen LogP contribution in [0.1, 0.15) is 6.42 Å². The Balaban J connectivity index is 3.94. The normalized spacial score (nSPS) is 11.5. The van der Waals surface area contributed by atoms with Gasteiger partial charge in [-0.25, -0.2) is 0 Å². The van der Waals surface area contributed by atoms with Crippen LogP contribution in [0.25, 0.3) is 0 Å². The Labute approximate surface area is 68.9 Å². The van der Waals surface area contributed by atoms with Gasteiger partial charge in [-0.2, -0.15) is 0 Å². The average Bonchev–Trinajstić information content (AvgIpc) is 2.08. The molecule has 0 bridgehead atoms. The van der Waals surface area contributed by atoms with Gasteiger partial charge in [-0.15, -0.1) is 6.58 Å². The summed E-state index contributed by atoms with van der Waals surface area (Å²) in [6.45, 7) is 3.83. The smallest absolute Gasteiger partial charge is 0.364 e. The molecule has 0 rings (SSSR count). The summed E-state index contributed by atoms with van der Waals surface area (Å²) in [4.78, 5) is 0. The number of hydrogen-bond acceptors (Lipinski definition) is 3. The molecule has 11 heavy (non-hydrogen) atoms. The van der Waals surface area contributed by atoms with E-state index < -0.39 is 8.56 Å². The molecule has 0 radical (unpaired) electrons. The predicted molar refractivity (Wildman–Crippen MR) is 46.5 cm³/mol. The maximum absolute atomic E-state index is 8.59. The van der Waals surface area contributed by atoms with Gasteiger partial charge in [0.05, 0.1) is 0 Å². The lowest BCUT2D eigenvalue weighted by molar-refractivity contribution is 0.243. The Hall–Kier alpha value is -0.163. The molecule has 0 atom stereocenters. The molecule has 0 spiro atoms. The minimum atomic E-state index is -2.13. The molecule has 0 aliphatic heterocycles. The highest BCUT2D eigenvalue weighted by Crippen LogP contribution is 2.14. The second-order valence-electron chi connectivity index (χ2n) is 2.25. The molecule has 0 saturated heterocycles. The highest BCUT2D eigenvalue weighted by atomic mass is 28.4. The number of rotatable bonds is 6. The van der Waals surface area contributed by atoms with E-state index in [1.54, 1.807) is 19.9 Å². The lowest BCUT2D eigenvalue weighted by Crippen LogP contribution is -2.37. The highest BCUT2D eigenvalue weighted by Gasteiger charge is 2.30. The van der Waals surface area contributed by atoms with E-state index in [9.17, 15) is 0 Å². The van der Waals surface area contributed by atoms with Crippen LogP contribution < -0.4 is 0 Å². The Morgan fingerprint density at radius 3 is 2.27 bits per heavy atom. The molecule has 0 amide bonds. The summed E-state index contributed by atoms with van der Waals surface area (Å²) in [5.74, 6) is 0. The minimum absolute atomic E-state index is 0.176. The van der Waals surface area contributed by atoms with Gasteiger partial charge in [0, 0.05) is 20.8 Å². The fourth-order valence-corrected chi connectivity index (χ4v) is 2.64. The van der Waals surface area contributed by atoms with Crippen molar-refractivity contribution in [2.24, 2.45) is 0 Å². The summed E-state index contributed by atoms with van der Waals surface area (Å²) < 4.78 is 10.5. The molecule has 0 fully saturated rings. The first kappa shape index (κ1) is 10.8. The summed E-state index contributed by atoms with van der Waals surface area (Å²) in [6.07, 6.45) is 0.708. The van der Waals surface area contributed by atoms with E-state index >= 15 is 0 Å². The third-order valence-corrected chi connectivity index (χ3v) is 4.74. The van der Waals surface area contributed by atoms with Crippen LogP contribution in [-0.2, 0) is 8.85 Å². The van der Waals surface area contributed by atoms with Gasteiger partial charge in [-0.1, -0.05) is 0 Å². The summed E-state index contributed by atoms with van der Waals surface area (Å²) >= 11 is 0. The first-order valence-electron chi connectivity index (χ1n) is 3.59. The van der Waals surface area contributed by atoms with E-state index in [2.05, 4.69) is 6.58 Å². The van der Waals surface area contributed by atoms with Crippen LogP contribution in [0.4, 0.5) is 0 Å². The third-order valence-electron chi connectivity index (χ3n) is 1.69. The van der Waals surface area contributed by atoms with Crippen LogP contribution in [0.2, 0.25) is 6.04 Å². The lowest BCUT2D eigenvalue weighted by Gasteiger charge is -2.22. The van der Waals surface area contributed by atoms with Crippen molar-refractivity contribution >= 4 is 8.56 Å². The number of aliphatic hydroxyl groups excluding tert-OH is 1. The molecule has 0 aliphatic rings. The van der Waals surface area contributed by atoms with Gasteiger partial charge in [-0.3, -0.25) is 0 Å². The number of hydrogen-bond donors (Lipinski definition) is 1. The van der Waals surface area contributed by atoms with Crippen LogP contribution in [-0.4, -0.2) is 34.5 Å². The van der Waals surface area contributed by atoms with E-state index in [-0.39, 0.29) is 6.61 Å². The van der Waals surface area contributed by atoms with Gasteiger partial charge >= 0.3 is 8.56 Å². The zero-order chi connectivity index (χ0) is 8.74. The zero-order valence-electron chi connectivity index (χ0n) is 7.17. The average molecular weight is 176 g/mol. The quantitative estimate of drug-likeness (QED) is 0.609. The molecule has 0 aromatic rings. The second-order valence-corrected chi connectivity index (χ2v) is 5.60. The van der Waals surface area contributed by atoms with Gasteiger partial charge in [0.25, 0.3) is 0 Å². The van der Waals surface area contributed by atoms with Gasteiger partial charge < -0.3 is 14.0 Å². The predicted octanol–water partition coefficient (Wildman–Crippen LogP) is 0.829. The topological polar surface area (TPSA) is 38.7 Å². The van der Waals surface area contributed by atoms with E-state index in [0.29, 0.717) is 6.42 Å². The summed E-state index contributed by atoms with van der Waals surface area (Å²) in [5.41, 5.74) is 1.74. The summed E-state index contributed by atoms with van der Waals surface area (Å²) in [5, 5.41) is 8.59. The Kier molecular flexibility index (Phi) is 5.40. The van der Waals surface area contributed by atoms with Crippen LogP contribution in [0.15, 0.2) is 12.3 Å². The molecule has 3 nitrogen and oxygen atoms in total. The zero-order valence-corrected chi connectivity index (χ0v) is 8.17. The molecule has 4 heteroatoms. The summed E-state index contributed by atoms with van der Waals surface area (Å²) in [7, 11) is 1.11. The van der Waals surface area contributed by atoms with Crippen molar-refractivity contribution in [2.75, 3.05) is 20.8 Å². The molecule has 66 valence electrons. The molecular formula is C7H16O3Si. The van der Waals surface area contributed by atoms with Crippen molar-refractivity contribution in [2.45, 2.75) is 12.5 Å². The third kappa shape index (κ3) is 3.16. The van der Waals surface area contributed by atoms with Crippen molar-refractivity contribution in [3.63, 3.8) is 0 Å². The van der Waals surface area contributed by atoms with Crippen molar-refractivity contribution in [3.8, 4) is 0 Å². The molecule has 1 N–H and O–H groups in total. The largest absolute Gasteiger partial charge is 0.396 e. The fourth-order valence-electron chi connectivity index (χ4n) is 0.882. The van der Waals surface area contributed by atoms with E-state index in [1.807, 2.05) is 0 Å². The molecule has 0 aliphatic carbocycles. The number of aliphatic hydroxyl groups is 1. The Bertz CT molecular complexity index is 112. The maximum atomic E-state index is 8.59. The molecule has 0 heterocycles. The van der Waals surface area contributed by atoms with E-state index in [0.717, 1.165) is 6.04 Å². The molecular weight excluding hydrogens is 160 g/mol. The van der Waals surface area contributed by atoms with Crippen LogP contribution >= 0.6 is 0 Å². The second kappa shape index (κ2) is 5.48. The molecule has 0 unspecified atom stereocenters. The lowest BCUT2D eigenvalue weighted by atomic mass is 10.5. The maximum Gasteiger partial charge on any atom is 0.364 e. The van der Waals surface area contributed by atoms with Gasteiger partial charge in [0.1, 0.15) is 0 Å². The Morgan fingerprint density at radius 1 is 1.45 bits per heavy atom.